The monoisotopic (exact) mass is 258 g/mol. The largest absolute Gasteiger partial charge is 0.416 e. The summed E-state index contributed by atoms with van der Waals surface area (Å²) in [6, 6.07) is 4.13. The molecule has 0 spiro atoms. The zero-order valence-corrected chi connectivity index (χ0v) is 10.3. The zero-order chi connectivity index (χ0) is 13.3. The van der Waals surface area contributed by atoms with Gasteiger partial charge in [0.2, 0.25) is 0 Å². The molecule has 1 unspecified atom stereocenters. The highest BCUT2D eigenvalue weighted by Gasteiger charge is 2.30. The molecular formula is C13H17F3N2. The summed E-state index contributed by atoms with van der Waals surface area (Å²) in [7, 11) is 0. The molecule has 1 aromatic carbocycles. The van der Waals surface area contributed by atoms with Gasteiger partial charge in [-0.2, -0.15) is 13.2 Å². The second kappa shape index (κ2) is 4.90. The summed E-state index contributed by atoms with van der Waals surface area (Å²) in [6.45, 7) is 4.14. The third-order valence-electron chi connectivity index (χ3n) is 3.37. The molecule has 0 saturated carbocycles. The van der Waals surface area contributed by atoms with Crippen LogP contribution in [0.1, 0.15) is 23.1 Å². The fraction of sp³-hybridized carbons (Fsp3) is 0.538. The van der Waals surface area contributed by atoms with Crippen LogP contribution < -0.4 is 5.73 Å². The van der Waals surface area contributed by atoms with E-state index in [0.717, 1.165) is 31.1 Å². The molecule has 1 fully saturated rings. The Kier molecular flexibility index (Phi) is 3.64. The first-order valence-corrected chi connectivity index (χ1v) is 6.01. The second-order valence-electron chi connectivity index (χ2n) is 4.92. The lowest BCUT2D eigenvalue weighted by molar-refractivity contribution is -0.137. The molecule has 0 amide bonds. The Balaban J connectivity index is 2.10. The number of hydrogen-bond acceptors (Lipinski definition) is 2. The van der Waals surface area contributed by atoms with E-state index in [1.54, 1.807) is 13.0 Å². The minimum Gasteiger partial charge on any atom is -0.326 e. The summed E-state index contributed by atoms with van der Waals surface area (Å²) in [5.74, 6) is 0. The van der Waals surface area contributed by atoms with Gasteiger partial charge in [-0.25, -0.2) is 0 Å². The topological polar surface area (TPSA) is 29.3 Å². The average Bonchev–Trinajstić information content (AvgIpc) is 2.65. The molecule has 1 aliphatic rings. The van der Waals surface area contributed by atoms with Gasteiger partial charge in [0.1, 0.15) is 0 Å². The average molecular weight is 258 g/mol. The summed E-state index contributed by atoms with van der Waals surface area (Å²) < 4.78 is 37.6. The number of nitrogens with zero attached hydrogens (tertiary/aromatic N) is 1. The summed E-state index contributed by atoms with van der Waals surface area (Å²) in [5, 5.41) is 0. The Labute approximate surface area is 105 Å². The van der Waals surface area contributed by atoms with E-state index in [-0.39, 0.29) is 6.04 Å². The third kappa shape index (κ3) is 3.03. The van der Waals surface area contributed by atoms with Gasteiger partial charge in [0.25, 0.3) is 0 Å². The van der Waals surface area contributed by atoms with Gasteiger partial charge in [0.15, 0.2) is 0 Å². The summed E-state index contributed by atoms with van der Waals surface area (Å²) in [4.78, 5) is 2.18. The van der Waals surface area contributed by atoms with Crippen LogP contribution in [0.4, 0.5) is 13.2 Å². The van der Waals surface area contributed by atoms with Gasteiger partial charge >= 0.3 is 6.18 Å². The van der Waals surface area contributed by atoms with Crippen molar-refractivity contribution in [3.05, 3.63) is 34.9 Å². The summed E-state index contributed by atoms with van der Waals surface area (Å²) in [6.07, 6.45) is -3.31. The van der Waals surface area contributed by atoms with Gasteiger partial charge in [-0.15, -0.1) is 0 Å². The van der Waals surface area contributed by atoms with E-state index < -0.39 is 11.7 Å². The molecule has 1 aliphatic heterocycles. The predicted molar refractivity (Wildman–Crippen MR) is 64.1 cm³/mol. The molecule has 1 atom stereocenters. The lowest BCUT2D eigenvalue weighted by Crippen LogP contribution is -2.26. The van der Waals surface area contributed by atoms with Crippen LogP contribution in [0.15, 0.2) is 18.2 Å². The number of benzene rings is 1. The smallest absolute Gasteiger partial charge is 0.326 e. The first-order chi connectivity index (χ1) is 8.36. The molecule has 1 heterocycles. The van der Waals surface area contributed by atoms with E-state index in [9.17, 15) is 13.2 Å². The van der Waals surface area contributed by atoms with Crippen molar-refractivity contribution in [3.63, 3.8) is 0 Å². The van der Waals surface area contributed by atoms with Gasteiger partial charge in [0.05, 0.1) is 5.56 Å². The number of alkyl halides is 3. The van der Waals surface area contributed by atoms with Crippen LogP contribution in [-0.2, 0) is 12.7 Å². The van der Waals surface area contributed by atoms with Crippen molar-refractivity contribution in [2.75, 3.05) is 13.1 Å². The van der Waals surface area contributed by atoms with E-state index in [2.05, 4.69) is 4.90 Å². The van der Waals surface area contributed by atoms with E-state index in [0.29, 0.717) is 12.1 Å². The Morgan fingerprint density at radius 1 is 1.39 bits per heavy atom. The Morgan fingerprint density at radius 3 is 2.61 bits per heavy atom. The Morgan fingerprint density at radius 2 is 2.11 bits per heavy atom. The number of rotatable bonds is 2. The molecule has 1 aromatic rings. The molecule has 0 bridgehead atoms. The maximum Gasteiger partial charge on any atom is 0.416 e. The number of likely N-dealkylation sites (tertiary alicyclic amines) is 1. The van der Waals surface area contributed by atoms with Gasteiger partial charge < -0.3 is 5.73 Å². The fourth-order valence-electron chi connectivity index (χ4n) is 2.30. The van der Waals surface area contributed by atoms with Crippen LogP contribution >= 0.6 is 0 Å². The van der Waals surface area contributed by atoms with Gasteiger partial charge in [-0.3, -0.25) is 4.90 Å². The van der Waals surface area contributed by atoms with Gasteiger partial charge in [0, 0.05) is 25.7 Å². The van der Waals surface area contributed by atoms with E-state index >= 15 is 0 Å². The van der Waals surface area contributed by atoms with E-state index in [1.807, 2.05) is 0 Å². The van der Waals surface area contributed by atoms with Crippen molar-refractivity contribution in [3.8, 4) is 0 Å². The van der Waals surface area contributed by atoms with Crippen molar-refractivity contribution in [2.24, 2.45) is 5.73 Å². The molecule has 100 valence electrons. The lowest BCUT2D eigenvalue weighted by atomic mass is 10.0. The summed E-state index contributed by atoms with van der Waals surface area (Å²) >= 11 is 0. The Bertz CT molecular complexity index is 429. The molecule has 2 nitrogen and oxygen atoms in total. The molecule has 2 N–H and O–H groups in total. The first-order valence-electron chi connectivity index (χ1n) is 6.01. The third-order valence-corrected chi connectivity index (χ3v) is 3.37. The van der Waals surface area contributed by atoms with Crippen LogP contribution in [0, 0.1) is 6.92 Å². The van der Waals surface area contributed by atoms with E-state index in [4.69, 9.17) is 5.73 Å². The molecular weight excluding hydrogens is 241 g/mol. The lowest BCUT2D eigenvalue weighted by Gasteiger charge is -2.17. The van der Waals surface area contributed by atoms with Crippen LogP contribution in [0.2, 0.25) is 0 Å². The quantitative estimate of drug-likeness (QED) is 0.883. The molecule has 1 saturated heterocycles. The van der Waals surface area contributed by atoms with Crippen LogP contribution in [0.3, 0.4) is 0 Å². The van der Waals surface area contributed by atoms with Crippen LogP contribution in [0.5, 0.6) is 0 Å². The highest BCUT2D eigenvalue weighted by atomic mass is 19.4. The molecule has 0 radical (unpaired) electrons. The minimum absolute atomic E-state index is 0.194. The summed E-state index contributed by atoms with van der Waals surface area (Å²) in [5.41, 5.74) is 6.85. The molecule has 2 rings (SSSR count). The number of aryl methyl sites for hydroxylation is 1. The normalized spacial score (nSPS) is 21.5. The van der Waals surface area contributed by atoms with E-state index in [1.165, 1.54) is 6.07 Å². The van der Waals surface area contributed by atoms with Crippen LogP contribution in [0.25, 0.3) is 0 Å². The number of hydrogen-bond donors (Lipinski definition) is 1. The van der Waals surface area contributed by atoms with Crippen molar-refractivity contribution in [1.29, 1.82) is 0 Å². The maximum absolute atomic E-state index is 12.5. The van der Waals surface area contributed by atoms with Gasteiger partial charge in [-0.1, -0.05) is 6.07 Å². The highest BCUT2D eigenvalue weighted by molar-refractivity contribution is 5.32. The predicted octanol–water partition coefficient (Wildman–Crippen LogP) is 2.55. The molecule has 0 aliphatic carbocycles. The minimum atomic E-state index is -4.26. The maximum atomic E-state index is 12.5. The molecule has 5 heteroatoms. The first kappa shape index (κ1) is 13.4. The fourth-order valence-corrected chi connectivity index (χ4v) is 2.30. The SMILES string of the molecule is Cc1cc(C(F)(F)F)ccc1CN1CCC(N)C1. The van der Waals surface area contributed by atoms with Crippen molar-refractivity contribution in [2.45, 2.75) is 32.1 Å². The second-order valence-corrected chi connectivity index (χ2v) is 4.92. The number of halogens is 3. The van der Waals surface area contributed by atoms with Gasteiger partial charge in [-0.05, 0) is 36.6 Å². The highest BCUT2D eigenvalue weighted by Crippen LogP contribution is 2.30. The molecule has 18 heavy (non-hydrogen) atoms. The number of nitrogens with two attached hydrogens (primary N) is 1. The van der Waals surface area contributed by atoms with Crippen molar-refractivity contribution < 1.29 is 13.2 Å². The zero-order valence-electron chi connectivity index (χ0n) is 10.3. The Hall–Kier alpha value is -1.07. The van der Waals surface area contributed by atoms with Crippen LogP contribution in [-0.4, -0.2) is 24.0 Å². The molecule has 0 aromatic heterocycles. The van der Waals surface area contributed by atoms with Crippen molar-refractivity contribution >= 4 is 0 Å². The standard InChI is InChI=1S/C13H17F3N2/c1-9-6-11(13(14,15)16)3-2-10(9)7-18-5-4-12(17)8-18/h2-3,6,12H,4-5,7-8,17H2,1H3. The van der Waals surface area contributed by atoms with Crippen molar-refractivity contribution in [1.82, 2.24) is 4.90 Å².